The summed E-state index contributed by atoms with van der Waals surface area (Å²) < 4.78 is 6.50. The Morgan fingerprint density at radius 1 is 1.12 bits per heavy atom. The third-order valence-corrected chi connectivity index (χ3v) is 6.94. The minimum atomic E-state index is -0.338. The number of hydrogen-bond donors (Lipinski definition) is 2. The average Bonchev–Trinajstić information content (AvgIpc) is 3.27. The molecule has 1 atom stereocenters. The molecule has 1 aromatic heterocycles. The number of primary amides is 1. The Balaban J connectivity index is 1.26. The quantitative estimate of drug-likeness (QED) is 0.482. The van der Waals surface area contributed by atoms with Crippen molar-refractivity contribution in [2.75, 3.05) is 24.2 Å². The van der Waals surface area contributed by atoms with E-state index in [9.17, 15) is 9.59 Å². The number of nitrogens with zero attached hydrogens (tertiary/aromatic N) is 3. The summed E-state index contributed by atoms with van der Waals surface area (Å²) in [6.07, 6.45) is 1.54. The number of carbonyl (C=O) groups is 2. The molecule has 0 aliphatic carbocycles. The number of rotatable bonds is 8. The molecule has 1 saturated heterocycles. The van der Waals surface area contributed by atoms with Gasteiger partial charge in [0.1, 0.15) is 11.5 Å². The van der Waals surface area contributed by atoms with Crippen molar-refractivity contribution in [1.29, 1.82) is 0 Å². The van der Waals surface area contributed by atoms with Crippen LogP contribution in [0.5, 0.6) is 11.5 Å². The van der Waals surface area contributed by atoms with Gasteiger partial charge in [0.15, 0.2) is 4.34 Å². The van der Waals surface area contributed by atoms with Crippen LogP contribution in [0.1, 0.15) is 12.8 Å². The number of carbonyl (C=O) groups excluding carboxylic acids is 2. The van der Waals surface area contributed by atoms with Crippen LogP contribution in [0.15, 0.2) is 58.9 Å². The molecule has 166 valence electrons. The highest BCUT2D eigenvalue weighted by atomic mass is 32.2. The molecule has 2 amide bonds. The highest BCUT2D eigenvalue weighted by Gasteiger charge is 2.27. The maximum atomic E-state index is 12.5. The summed E-state index contributed by atoms with van der Waals surface area (Å²) in [6, 6.07) is 17.2. The van der Waals surface area contributed by atoms with Gasteiger partial charge in [-0.05, 0) is 49.2 Å². The number of anilines is 2. The lowest BCUT2D eigenvalue weighted by Crippen LogP contribution is -2.44. The molecule has 8 nitrogen and oxygen atoms in total. The number of hydrogen-bond acceptors (Lipinski definition) is 8. The molecule has 0 saturated carbocycles. The van der Waals surface area contributed by atoms with Crippen molar-refractivity contribution in [2.24, 2.45) is 11.7 Å². The van der Waals surface area contributed by atoms with E-state index in [-0.39, 0.29) is 23.5 Å². The Morgan fingerprint density at radius 2 is 1.88 bits per heavy atom. The van der Waals surface area contributed by atoms with Crippen molar-refractivity contribution in [2.45, 2.75) is 17.2 Å². The molecule has 32 heavy (non-hydrogen) atoms. The normalized spacial score (nSPS) is 15.9. The lowest BCUT2D eigenvalue weighted by molar-refractivity contribution is -0.132. The van der Waals surface area contributed by atoms with Crippen LogP contribution in [0.3, 0.4) is 0 Å². The van der Waals surface area contributed by atoms with Crippen molar-refractivity contribution in [3.05, 3.63) is 54.6 Å². The maximum absolute atomic E-state index is 12.5. The molecule has 0 radical (unpaired) electrons. The summed E-state index contributed by atoms with van der Waals surface area (Å²) in [6.45, 7) is 1.07. The van der Waals surface area contributed by atoms with Gasteiger partial charge in [-0.15, -0.1) is 10.2 Å². The van der Waals surface area contributed by atoms with Crippen LogP contribution in [0.2, 0.25) is 0 Å². The summed E-state index contributed by atoms with van der Waals surface area (Å²) >= 11 is 2.73. The summed E-state index contributed by atoms with van der Waals surface area (Å²) in [5.74, 6) is 1.17. The second-order valence-electron chi connectivity index (χ2n) is 7.31. The minimum Gasteiger partial charge on any atom is -0.457 e. The number of ether oxygens (including phenoxy) is 1. The molecule has 3 N–H and O–H groups in total. The molecule has 2 heterocycles. The van der Waals surface area contributed by atoms with Gasteiger partial charge in [0.05, 0.1) is 11.7 Å². The molecule has 10 heteroatoms. The zero-order chi connectivity index (χ0) is 22.3. The van der Waals surface area contributed by atoms with Crippen LogP contribution < -0.4 is 15.8 Å². The van der Waals surface area contributed by atoms with Crippen LogP contribution in [0.25, 0.3) is 0 Å². The second-order valence-corrected chi connectivity index (χ2v) is 9.51. The second kappa shape index (κ2) is 10.5. The molecule has 2 aromatic carbocycles. The molecule has 1 fully saturated rings. The highest BCUT2D eigenvalue weighted by molar-refractivity contribution is 8.01. The van der Waals surface area contributed by atoms with E-state index in [1.54, 1.807) is 4.90 Å². The van der Waals surface area contributed by atoms with Crippen LogP contribution in [0.4, 0.5) is 10.8 Å². The number of aromatic nitrogens is 2. The zero-order valence-corrected chi connectivity index (χ0v) is 18.9. The molecule has 4 rings (SSSR count). The molecule has 3 aromatic rings. The Labute approximate surface area is 194 Å². The number of para-hydroxylation sites is 1. The lowest BCUT2D eigenvalue weighted by Gasteiger charge is -2.31. The number of nitrogens with two attached hydrogens (primary N) is 1. The Morgan fingerprint density at radius 3 is 2.62 bits per heavy atom. The fourth-order valence-electron chi connectivity index (χ4n) is 3.32. The average molecular weight is 470 g/mol. The lowest BCUT2D eigenvalue weighted by atomic mass is 9.97. The van der Waals surface area contributed by atoms with Gasteiger partial charge in [0.2, 0.25) is 16.9 Å². The van der Waals surface area contributed by atoms with E-state index in [4.69, 9.17) is 10.5 Å². The fourth-order valence-corrected chi connectivity index (χ4v) is 5.00. The first kappa shape index (κ1) is 22.1. The van der Waals surface area contributed by atoms with Crippen LogP contribution in [0, 0.1) is 5.92 Å². The highest BCUT2D eigenvalue weighted by Crippen LogP contribution is 2.29. The molecule has 1 aliphatic heterocycles. The Hall–Kier alpha value is -3.11. The summed E-state index contributed by atoms with van der Waals surface area (Å²) in [5, 5.41) is 12.1. The first-order valence-corrected chi connectivity index (χ1v) is 12.0. The van der Waals surface area contributed by atoms with Crippen LogP contribution in [-0.2, 0) is 9.59 Å². The van der Waals surface area contributed by atoms with Gasteiger partial charge in [0, 0.05) is 18.8 Å². The van der Waals surface area contributed by atoms with Gasteiger partial charge in [-0.3, -0.25) is 9.59 Å². The summed E-state index contributed by atoms with van der Waals surface area (Å²) in [5.41, 5.74) is 6.25. The number of likely N-dealkylation sites (tertiary alicyclic amines) is 1. The minimum absolute atomic E-state index is 0.0142. The van der Waals surface area contributed by atoms with Crippen molar-refractivity contribution in [3.8, 4) is 11.5 Å². The van der Waals surface area contributed by atoms with Crippen molar-refractivity contribution < 1.29 is 14.3 Å². The Bertz CT molecular complexity index is 1060. The van der Waals surface area contributed by atoms with Crippen molar-refractivity contribution in [3.63, 3.8) is 0 Å². The van der Waals surface area contributed by atoms with Gasteiger partial charge >= 0.3 is 0 Å². The fraction of sp³-hybridized carbons (Fsp3) is 0.273. The molecule has 0 bridgehead atoms. The van der Waals surface area contributed by atoms with E-state index in [2.05, 4.69) is 15.5 Å². The van der Waals surface area contributed by atoms with E-state index in [1.165, 1.54) is 23.1 Å². The number of nitrogens with one attached hydrogen (secondary N) is 1. The SMILES string of the molecule is NC(=O)C1CCCN(C(=O)CSc2nnc(Nc3ccc(Oc4ccccc4)cc3)s2)C1. The monoisotopic (exact) mass is 469 g/mol. The smallest absolute Gasteiger partial charge is 0.233 e. The number of benzene rings is 2. The predicted molar refractivity (Wildman–Crippen MR) is 125 cm³/mol. The van der Waals surface area contributed by atoms with Gasteiger partial charge in [-0.25, -0.2) is 0 Å². The number of thioether (sulfide) groups is 1. The summed E-state index contributed by atoms with van der Waals surface area (Å²) in [7, 11) is 0. The van der Waals surface area contributed by atoms with E-state index in [0.717, 1.165) is 30.0 Å². The number of piperidine rings is 1. The maximum Gasteiger partial charge on any atom is 0.233 e. The first-order valence-electron chi connectivity index (χ1n) is 10.2. The van der Waals surface area contributed by atoms with Gasteiger partial charge in [-0.2, -0.15) is 0 Å². The standard InChI is InChI=1S/C22H23N5O3S2/c23-20(29)15-5-4-12-27(13-15)19(28)14-31-22-26-25-21(32-22)24-16-8-10-18(11-9-16)30-17-6-2-1-3-7-17/h1-3,6-11,15H,4-5,12-14H2,(H2,23,29)(H,24,25). The van der Waals surface area contributed by atoms with E-state index >= 15 is 0 Å². The van der Waals surface area contributed by atoms with Gasteiger partial charge < -0.3 is 20.7 Å². The third-order valence-electron chi connectivity index (χ3n) is 4.99. The van der Waals surface area contributed by atoms with Gasteiger partial charge in [-0.1, -0.05) is 41.3 Å². The topological polar surface area (TPSA) is 110 Å². The molecule has 0 spiro atoms. The van der Waals surface area contributed by atoms with E-state index in [0.29, 0.717) is 22.6 Å². The zero-order valence-electron chi connectivity index (χ0n) is 17.3. The van der Waals surface area contributed by atoms with Crippen molar-refractivity contribution >= 4 is 45.7 Å². The molecular formula is C22H23N5O3S2. The van der Waals surface area contributed by atoms with E-state index < -0.39 is 0 Å². The first-order chi connectivity index (χ1) is 15.6. The summed E-state index contributed by atoms with van der Waals surface area (Å²) in [4.78, 5) is 25.6. The van der Waals surface area contributed by atoms with E-state index in [1.807, 2.05) is 54.6 Å². The Kier molecular flexibility index (Phi) is 7.23. The molecule has 1 unspecified atom stereocenters. The largest absolute Gasteiger partial charge is 0.457 e. The van der Waals surface area contributed by atoms with Crippen molar-refractivity contribution in [1.82, 2.24) is 15.1 Å². The third kappa shape index (κ3) is 5.98. The van der Waals surface area contributed by atoms with Crippen LogP contribution in [-0.4, -0.2) is 45.8 Å². The molecule has 1 aliphatic rings. The van der Waals surface area contributed by atoms with Crippen LogP contribution >= 0.6 is 23.1 Å². The molecular weight excluding hydrogens is 446 g/mol. The van der Waals surface area contributed by atoms with Gasteiger partial charge in [0.25, 0.3) is 0 Å². The number of amides is 2. The predicted octanol–water partition coefficient (Wildman–Crippen LogP) is 3.89.